The Labute approximate surface area is 165 Å². The summed E-state index contributed by atoms with van der Waals surface area (Å²) >= 11 is 0. The lowest BCUT2D eigenvalue weighted by Gasteiger charge is -2.16. The molecule has 2 aromatic rings. The molecule has 0 bridgehead atoms. The first-order valence-electron chi connectivity index (χ1n) is 9.64. The number of benzene rings is 2. The lowest BCUT2D eigenvalue weighted by molar-refractivity contribution is -0.117. The standard InChI is InChI=1S/C22H27N3O3/c1-14(2)28-20-10-5-4-7-19(20)24-21(26)13-23-17-8-6-9-18(15(17)3)25-22(27)16-11-12-16/h4-10,14,16,23H,11-13H2,1-3H3,(H,24,26)(H,25,27). The number of carbonyl (C=O) groups is 2. The summed E-state index contributed by atoms with van der Waals surface area (Å²) in [7, 11) is 0. The first kappa shape index (κ1) is 19.7. The third kappa shape index (κ3) is 5.25. The van der Waals surface area contributed by atoms with Gasteiger partial charge in [0.05, 0.1) is 18.3 Å². The number of hydrogen-bond donors (Lipinski definition) is 3. The molecule has 3 rings (SSSR count). The van der Waals surface area contributed by atoms with E-state index in [0.717, 1.165) is 29.8 Å². The van der Waals surface area contributed by atoms with E-state index in [2.05, 4.69) is 16.0 Å². The quantitative estimate of drug-likeness (QED) is 0.641. The minimum absolute atomic E-state index is 0.0208. The smallest absolute Gasteiger partial charge is 0.243 e. The molecule has 0 atom stereocenters. The van der Waals surface area contributed by atoms with Crippen LogP contribution < -0.4 is 20.7 Å². The van der Waals surface area contributed by atoms with Crippen LogP contribution in [-0.4, -0.2) is 24.5 Å². The normalized spacial score (nSPS) is 13.1. The molecule has 28 heavy (non-hydrogen) atoms. The number of rotatable bonds is 8. The second kappa shape index (κ2) is 8.78. The van der Waals surface area contributed by atoms with Crippen molar-refractivity contribution in [3.05, 3.63) is 48.0 Å². The monoisotopic (exact) mass is 381 g/mol. The topological polar surface area (TPSA) is 79.5 Å². The van der Waals surface area contributed by atoms with Crippen molar-refractivity contribution in [3.8, 4) is 5.75 Å². The highest BCUT2D eigenvalue weighted by Crippen LogP contribution is 2.31. The van der Waals surface area contributed by atoms with Crippen LogP contribution in [0, 0.1) is 12.8 Å². The van der Waals surface area contributed by atoms with Gasteiger partial charge >= 0.3 is 0 Å². The van der Waals surface area contributed by atoms with Gasteiger partial charge in [-0.1, -0.05) is 18.2 Å². The highest BCUT2D eigenvalue weighted by Gasteiger charge is 2.29. The maximum Gasteiger partial charge on any atom is 0.243 e. The summed E-state index contributed by atoms with van der Waals surface area (Å²) in [6.07, 6.45) is 1.95. The van der Waals surface area contributed by atoms with E-state index in [1.807, 2.05) is 63.2 Å². The van der Waals surface area contributed by atoms with Gasteiger partial charge in [0.15, 0.2) is 0 Å². The van der Waals surface area contributed by atoms with Gasteiger partial charge in [0.2, 0.25) is 11.8 Å². The second-order valence-corrected chi connectivity index (χ2v) is 7.31. The van der Waals surface area contributed by atoms with Crippen LogP contribution in [0.5, 0.6) is 5.75 Å². The summed E-state index contributed by atoms with van der Waals surface area (Å²) in [6.45, 7) is 5.92. The zero-order chi connectivity index (χ0) is 20.1. The third-order valence-corrected chi connectivity index (χ3v) is 4.50. The zero-order valence-corrected chi connectivity index (χ0v) is 16.5. The van der Waals surface area contributed by atoms with E-state index >= 15 is 0 Å². The van der Waals surface area contributed by atoms with Crippen molar-refractivity contribution in [2.45, 2.75) is 39.7 Å². The summed E-state index contributed by atoms with van der Waals surface area (Å²) in [4.78, 5) is 24.4. The average Bonchev–Trinajstić information content (AvgIpc) is 3.49. The molecule has 0 heterocycles. The first-order chi connectivity index (χ1) is 13.4. The van der Waals surface area contributed by atoms with Gasteiger partial charge in [-0.3, -0.25) is 9.59 Å². The molecule has 6 heteroatoms. The van der Waals surface area contributed by atoms with Crippen LogP contribution in [-0.2, 0) is 9.59 Å². The van der Waals surface area contributed by atoms with E-state index in [9.17, 15) is 9.59 Å². The molecule has 0 spiro atoms. The fourth-order valence-corrected chi connectivity index (χ4v) is 2.84. The molecule has 0 saturated heterocycles. The van der Waals surface area contributed by atoms with Gasteiger partial charge in [-0.2, -0.15) is 0 Å². The Morgan fingerprint density at radius 1 is 1.00 bits per heavy atom. The molecule has 0 aliphatic heterocycles. The molecule has 2 amide bonds. The Morgan fingerprint density at radius 3 is 2.39 bits per heavy atom. The minimum Gasteiger partial charge on any atom is -0.489 e. The number of nitrogens with one attached hydrogen (secondary N) is 3. The molecular formula is C22H27N3O3. The molecular weight excluding hydrogens is 354 g/mol. The van der Waals surface area contributed by atoms with Crippen molar-refractivity contribution >= 4 is 28.9 Å². The average molecular weight is 381 g/mol. The molecule has 0 radical (unpaired) electrons. The fraction of sp³-hybridized carbons (Fsp3) is 0.364. The highest BCUT2D eigenvalue weighted by molar-refractivity contribution is 5.97. The Bertz CT molecular complexity index is 860. The van der Waals surface area contributed by atoms with Crippen molar-refractivity contribution in [3.63, 3.8) is 0 Å². The SMILES string of the molecule is Cc1c(NCC(=O)Nc2ccccc2OC(C)C)cccc1NC(=O)C1CC1. The minimum atomic E-state index is -0.174. The van der Waals surface area contributed by atoms with Crippen molar-refractivity contribution in [1.82, 2.24) is 0 Å². The summed E-state index contributed by atoms with van der Waals surface area (Å²) < 4.78 is 5.73. The van der Waals surface area contributed by atoms with E-state index in [4.69, 9.17) is 4.74 Å². The van der Waals surface area contributed by atoms with E-state index in [1.165, 1.54) is 0 Å². The molecule has 3 N–H and O–H groups in total. The number of para-hydroxylation sites is 2. The van der Waals surface area contributed by atoms with Crippen LogP contribution in [0.15, 0.2) is 42.5 Å². The van der Waals surface area contributed by atoms with Crippen LogP contribution in [0.4, 0.5) is 17.1 Å². The fourth-order valence-electron chi connectivity index (χ4n) is 2.84. The number of anilines is 3. The lowest BCUT2D eigenvalue weighted by Crippen LogP contribution is -2.23. The van der Waals surface area contributed by atoms with E-state index < -0.39 is 0 Å². The Hall–Kier alpha value is -3.02. The van der Waals surface area contributed by atoms with Gasteiger partial charge in [-0.25, -0.2) is 0 Å². The van der Waals surface area contributed by atoms with Gasteiger partial charge in [0.1, 0.15) is 5.75 Å². The van der Waals surface area contributed by atoms with Gasteiger partial charge < -0.3 is 20.7 Å². The number of hydrogen-bond acceptors (Lipinski definition) is 4. The molecule has 0 unspecified atom stereocenters. The Balaban J connectivity index is 1.60. The second-order valence-electron chi connectivity index (χ2n) is 7.31. The molecule has 1 aliphatic carbocycles. The van der Waals surface area contributed by atoms with Gasteiger partial charge in [0.25, 0.3) is 0 Å². The molecule has 1 fully saturated rings. The zero-order valence-electron chi connectivity index (χ0n) is 16.5. The molecule has 2 aromatic carbocycles. The van der Waals surface area contributed by atoms with Crippen molar-refractivity contribution in [2.75, 3.05) is 22.5 Å². The van der Waals surface area contributed by atoms with Crippen LogP contribution in [0.2, 0.25) is 0 Å². The maximum absolute atomic E-state index is 12.4. The molecule has 148 valence electrons. The molecule has 0 aromatic heterocycles. The van der Waals surface area contributed by atoms with Gasteiger partial charge in [0, 0.05) is 17.3 Å². The van der Waals surface area contributed by atoms with Crippen LogP contribution in [0.3, 0.4) is 0 Å². The Kier molecular flexibility index (Phi) is 6.19. The maximum atomic E-state index is 12.4. The van der Waals surface area contributed by atoms with E-state index in [-0.39, 0.29) is 30.4 Å². The van der Waals surface area contributed by atoms with E-state index in [1.54, 1.807) is 0 Å². The summed E-state index contributed by atoms with van der Waals surface area (Å²) in [5, 5.41) is 9.00. The van der Waals surface area contributed by atoms with E-state index in [0.29, 0.717) is 11.4 Å². The third-order valence-electron chi connectivity index (χ3n) is 4.50. The summed E-state index contributed by atoms with van der Waals surface area (Å²) in [5.41, 5.74) is 3.14. The number of carbonyl (C=O) groups excluding carboxylic acids is 2. The van der Waals surface area contributed by atoms with Crippen molar-refractivity contribution in [2.24, 2.45) is 5.92 Å². The van der Waals surface area contributed by atoms with Gasteiger partial charge in [-0.05, 0) is 63.4 Å². The molecule has 1 aliphatic rings. The number of ether oxygens (including phenoxy) is 1. The predicted molar refractivity (Wildman–Crippen MR) is 112 cm³/mol. The van der Waals surface area contributed by atoms with Crippen LogP contribution >= 0.6 is 0 Å². The lowest BCUT2D eigenvalue weighted by atomic mass is 10.1. The summed E-state index contributed by atoms with van der Waals surface area (Å²) in [5.74, 6) is 0.688. The Morgan fingerprint density at radius 2 is 1.68 bits per heavy atom. The van der Waals surface area contributed by atoms with Gasteiger partial charge in [-0.15, -0.1) is 0 Å². The van der Waals surface area contributed by atoms with Crippen molar-refractivity contribution in [1.29, 1.82) is 0 Å². The van der Waals surface area contributed by atoms with Crippen LogP contribution in [0.25, 0.3) is 0 Å². The first-order valence-corrected chi connectivity index (χ1v) is 9.64. The predicted octanol–water partition coefficient (Wildman–Crippen LogP) is 4.18. The van der Waals surface area contributed by atoms with Crippen molar-refractivity contribution < 1.29 is 14.3 Å². The highest BCUT2D eigenvalue weighted by atomic mass is 16.5. The largest absolute Gasteiger partial charge is 0.489 e. The molecule has 6 nitrogen and oxygen atoms in total. The molecule has 1 saturated carbocycles. The number of amides is 2. The summed E-state index contributed by atoms with van der Waals surface area (Å²) in [6, 6.07) is 13.0. The van der Waals surface area contributed by atoms with Crippen LogP contribution in [0.1, 0.15) is 32.3 Å².